The number of halogens is 3. The summed E-state index contributed by atoms with van der Waals surface area (Å²) in [5.41, 5.74) is 1.13. The molecule has 3 aromatic rings. The van der Waals surface area contributed by atoms with E-state index in [0.29, 0.717) is 17.6 Å². The number of thioether (sulfide) groups is 1. The first-order valence-electron chi connectivity index (χ1n) is 10.3. The van der Waals surface area contributed by atoms with Gasteiger partial charge in [0.15, 0.2) is 0 Å². The average molecular weight is 470 g/mol. The van der Waals surface area contributed by atoms with Crippen LogP contribution in [0.1, 0.15) is 49.0 Å². The molecule has 0 spiro atoms. The number of rotatable bonds is 9. The van der Waals surface area contributed by atoms with Gasteiger partial charge in [0, 0.05) is 17.1 Å². The second-order valence-corrected chi connectivity index (χ2v) is 10.6. The Morgan fingerprint density at radius 3 is 2.32 bits per heavy atom. The summed E-state index contributed by atoms with van der Waals surface area (Å²) in [6.07, 6.45) is 0.251. The summed E-state index contributed by atoms with van der Waals surface area (Å²) in [4.78, 5) is 0.0428. The number of unbranched alkanes of at least 4 members (excludes halogenated alkanes) is 3. The van der Waals surface area contributed by atoms with E-state index in [1.807, 2.05) is 6.92 Å². The molecule has 3 nitrogen and oxygen atoms in total. The van der Waals surface area contributed by atoms with E-state index in [2.05, 4.69) is 6.92 Å². The maximum Gasteiger partial charge on any atom is 0.404 e. The summed E-state index contributed by atoms with van der Waals surface area (Å²) in [5, 5.41) is -1.48. The highest BCUT2D eigenvalue weighted by molar-refractivity contribution is 7.99. The molecule has 2 aromatic carbocycles. The number of nitrogens with zero attached hydrogens (tertiary/aromatic N) is 1. The van der Waals surface area contributed by atoms with Crippen molar-refractivity contribution in [2.45, 2.75) is 55.9 Å². The molecule has 0 amide bonds. The second-order valence-electron chi connectivity index (χ2n) is 7.57. The van der Waals surface area contributed by atoms with Gasteiger partial charge in [-0.3, -0.25) is 0 Å². The van der Waals surface area contributed by atoms with Crippen LogP contribution < -0.4 is 0 Å². The van der Waals surface area contributed by atoms with Crippen molar-refractivity contribution < 1.29 is 21.6 Å². The van der Waals surface area contributed by atoms with Gasteiger partial charge in [0.05, 0.1) is 10.4 Å². The third-order valence-corrected chi connectivity index (χ3v) is 8.22. The minimum absolute atomic E-state index is 0.0146. The monoisotopic (exact) mass is 469 g/mol. The molecule has 0 N–H and O–H groups in total. The molecule has 0 radical (unpaired) electrons. The van der Waals surface area contributed by atoms with Crippen molar-refractivity contribution in [2.24, 2.45) is 0 Å². The van der Waals surface area contributed by atoms with Gasteiger partial charge < -0.3 is 0 Å². The smallest absolute Gasteiger partial charge is 0.241 e. The fraction of sp³-hybridized carbons (Fsp3) is 0.391. The summed E-state index contributed by atoms with van der Waals surface area (Å²) >= 11 is 0.835. The van der Waals surface area contributed by atoms with Crippen LogP contribution in [0.25, 0.3) is 10.9 Å². The molecule has 1 heterocycles. The molecule has 8 heteroatoms. The van der Waals surface area contributed by atoms with Gasteiger partial charge in [-0.05, 0) is 37.3 Å². The number of aryl methyl sites for hydroxylation is 1. The Morgan fingerprint density at radius 1 is 1.00 bits per heavy atom. The lowest BCUT2D eigenvalue weighted by molar-refractivity contribution is -0.129. The molecule has 0 aliphatic rings. The molecular weight excluding hydrogens is 443 g/mol. The Balaban J connectivity index is 2.06. The molecule has 0 fully saturated rings. The first-order chi connectivity index (χ1) is 14.7. The number of alkyl halides is 3. The fourth-order valence-corrected chi connectivity index (χ4v) is 6.04. The Hall–Kier alpha value is -1.93. The van der Waals surface area contributed by atoms with Crippen LogP contribution in [-0.4, -0.2) is 24.3 Å². The predicted molar refractivity (Wildman–Crippen MR) is 121 cm³/mol. The highest BCUT2D eigenvalue weighted by Crippen LogP contribution is 2.46. The Bertz CT molecular complexity index is 1120. The van der Waals surface area contributed by atoms with E-state index in [-0.39, 0.29) is 16.0 Å². The second kappa shape index (κ2) is 9.69. The van der Waals surface area contributed by atoms with Gasteiger partial charge in [0.2, 0.25) is 0 Å². The molecule has 1 unspecified atom stereocenters. The van der Waals surface area contributed by atoms with E-state index in [1.165, 1.54) is 12.1 Å². The van der Waals surface area contributed by atoms with Crippen LogP contribution >= 0.6 is 11.8 Å². The molecular formula is C23H26F3NO2S2. The normalized spacial score (nSPS) is 13.6. The van der Waals surface area contributed by atoms with E-state index in [4.69, 9.17) is 0 Å². The molecule has 1 atom stereocenters. The number of aromatic nitrogens is 1. The van der Waals surface area contributed by atoms with Crippen LogP contribution in [0, 0.1) is 6.92 Å². The maximum atomic E-state index is 14.0. The van der Waals surface area contributed by atoms with Gasteiger partial charge in [0.1, 0.15) is 5.25 Å². The lowest BCUT2D eigenvalue weighted by Crippen LogP contribution is -2.18. The van der Waals surface area contributed by atoms with E-state index >= 15 is 0 Å². The molecule has 0 aliphatic carbocycles. The Labute approximate surface area is 185 Å². The van der Waals surface area contributed by atoms with Crippen LogP contribution in [0.3, 0.4) is 0 Å². The molecule has 0 saturated carbocycles. The minimum Gasteiger partial charge on any atom is -0.241 e. The standard InChI is InChI=1S/C23H26F3NO2S2/c1-3-4-5-8-15-30-22(23(24,25)26)20-16-27(21-10-7-6-9-19(20)21)31(28,29)18-13-11-17(2)12-14-18/h6-7,9-14,16,22H,3-5,8,15H2,1-2H3. The van der Waals surface area contributed by atoms with Crippen molar-refractivity contribution in [3.05, 3.63) is 65.9 Å². The van der Waals surface area contributed by atoms with Crippen LogP contribution in [0.5, 0.6) is 0 Å². The summed E-state index contributed by atoms with van der Waals surface area (Å²) in [7, 11) is -4.03. The Kier molecular flexibility index (Phi) is 7.42. The number of benzene rings is 2. The third kappa shape index (κ3) is 5.29. The third-order valence-electron chi connectivity index (χ3n) is 5.15. The van der Waals surface area contributed by atoms with E-state index in [9.17, 15) is 21.6 Å². The van der Waals surface area contributed by atoms with Gasteiger partial charge in [-0.2, -0.15) is 13.2 Å². The SMILES string of the molecule is CCCCCCSC(c1cn(S(=O)(=O)c2ccc(C)cc2)c2ccccc12)C(F)(F)F. The van der Waals surface area contributed by atoms with Crippen molar-refractivity contribution >= 4 is 32.7 Å². The molecule has 0 saturated heterocycles. The zero-order valence-corrected chi connectivity index (χ0v) is 19.2. The first kappa shape index (κ1) is 23.7. The maximum absolute atomic E-state index is 14.0. The zero-order chi connectivity index (χ0) is 22.6. The van der Waals surface area contributed by atoms with E-state index < -0.39 is 21.4 Å². The molecule has 1 aromatic heterocycles. The highest BCUT2D eigenvalue weighted by Gasteiger charge is 2.43. The minimum atomic E-state index is -4.49. The van der Waals surface area contributed by atoms with Crippen LogP contribution in [0.15, 0.2) is 59.6 Å². The topological polar surface area (TPSA) is 39.1 Å². The van der Waals surface area contributed by atoms with Gasteiger partial charge in [-0.25, -0.2) is 12.4 Å². The molecule has 31 heavy (non-hydrogen) atoms. The number of fused-ring (bicyclic) bond motifs is 1. The summed E-state index contributed by atoms with van der Waals surface area (Å²) < 4.78 is 69.5. The van der Waals surface area contributed by atoms with Crippen molar-refractivity contribution in [3.63, 3.8) is 0 Å². The molecule has 0 aliphatic heterocycles. The van der Waals surface area contributed by atoms with E-state index in [1.54, 1.807) is 36.4 Å². The predicted octanol–water partition coefficient (Wildman–Crippen LogP) is 7.10. The fourth-order valence-electron chi connectivity index (χ4n) is 3.50. The molecule has 168 valence electrons. The average Bonchev–Trinajstić information content (AvgIpc) is 3.10. The molecule has 3 rings (SSSR count). The lowest BCUT2D eigenvalue weighted by atomic mass is 10.1. The van der Waals surface area contributed by atoms with E-state index in [0.717, 1.165) is 46.8 Å². The number of para-hydroxylation sites is 1. The van der Waals surface area contributed by atoms with Crippen molar-refractivity contribution in [1.82, 2.24) is 3.97 Å². The van der Waals surface area contributed by atoms with Crippen molar-refractivity contribution in [1.29, 1.82) is 0 Å². The van der Waals surface area contributed by atoms with Crippen molar-refractivity contribution in [3.8, 4) is 0 Å². The van der Waals surface area contributed by atoms with Crippen LogP contribution in [0.2, 0.25) is 0 Å². The van der Waals surface area contributed by atoms with Gasteiger partial charge in [0.25, 0.3) is 10.0 Å². The quantitative estimate of drug-likeness (QED) is 0.314. The largest absolute Gasteiger partial charge is 0.404 e. The lowest BCUT2D eigenvalue weighted by Gasteiger charge is -2.19. The van der Waals surface area contributed by atoms with Gasteiger partial charge >= 0.3 is 6.18 Å². The number of hydrogen-bond acceptors (Lipinski definition) is 3. The Morgan fingerprint density at radius 2 is 1.68 bits per heavy atom. The van der Waals surface area contributed by atoms with Crippen LogP contribution in [-0.2, 0) is 10.0 Å². The summed E-state index contributed by atoms with van der Waals surface area (Å²) in [6, 6.07) is 12.7. The highest BCUT2D eigenvalue weighted by atomic mass is 32.2. The van der Waals surface area contributed by atoms with Crippen molar-refractivity contribution in [2.75, 3.05) is 5.75 Å². The first-order valence-corrected chi connectivity index (χ1v) is 12.8. The van der Waals surface area contributed by atoms with Gasteiger partial charge in [-0.1, -0.05) is 62.1 Å². The summed E-state index contributed by atoms with van der Waals surface area (Å²) in [6.45, 7) is 3.89. The molecule has 0 bridgehead atoms. The zero-order valence-electron chi connectivity index (χ0n) is 17.5. The summed E-state index contributed by atoms with van der Waals surface area (Å²) in [5.74, 6) is 0.369. The van der Waals surface area contributed by atoms with Crippen LogP contribution in [0.4, 0.5) is 13.2 Å². The number of hydrogen-bond donors (Lipinski definition) is 0. The van der Waals surface area contributed by atoms with Gasteiger partial charge in [-0.15, -0.1) is 11.8 Å².